The number of hydrogen-bond donors (Lipinski definition) is 2. The molecule has 72 valence electrons. The molecule has 1 rings (SSSR count). The average molecular weight is 203 g/mol. The van der Waals surface area contributed by atoms with Crippen molar-refractivity contribution in [3.63, 3.8) is 0 Å². The fourth-order valence-corrected chi connectivity index (χ4v) is 1.46. The summed E-state index contributed by atoms with van der Waals surface area (Å²) in [7, 11) is -2.71. The molecule has 0 amide bonds. The van der Waals surface area contributed by atoms with E-state index in [0.717, 1.165) is 13.2 Å². The molecule has 0 saturated carbocycles. The first kappa shape index (κ1) is 9.82. The van der Waals surface area contributed by atoms with Crippen molar-refractivity contribution in [3.8, 4) is 5.75 Å². The molecule has 0 aliphatic rings. The van der Waals surface area contributed by atoms with Gasteiger partial charge in [0.1, 0.15) is 5.75 Å². The maximum Gasteiger partial charge on any atom is 0.296 e. The molecule has 3 N–H and O–H groups in total. The predicted molar refractivity (Wildman–Crippen MR) is 46.7 cm³/mol. The molecule has 0 saturated heterocycles. The maximum atomic E-state index is 11.1. The lowest BCUT2D eigenvalue weighted by Gasteiger charge is -2.03. The lowest BCUT2D eigenvalue weighted by molar-refractivity contribution is 0.397. The third-order valence-corrected chi connectivity index (χ3v) is 2.78. The van der Waals surface area contributed by atoms with Gasteiger partial charge in [-0.05, 0) is 12.1 Å². The van der Waals surface area contributed by atoms with Crippen molar-refractivity contribution in [1.29, 1.82) is 0 Å². The summed E-state index contributed by atoms with van der Waals surface area (Å²) in [6, 6.07) is 3.59. The fraction of sp³-hybridized carbons (Fsp3) is 0.143. The number of aromatic hydroxyl groups is 1. The van der Waals surface area contributed by atoms with Crippen molar-refractivity contribution in [3.05, 3.63) is 18.2 Å². The molecule has 0 unspecified atom stereocenters. The van der Waals surface area contributed by atoms with E-state index in [2.05, 4.69) is 4.18 Å². The summed E-state index contributed by atoms with van der Waals surface area (Å²) in [6.45, 7) is 0. The van der Waals surface area contributed by atoms with Crippen LogP contribution in [-0.2, 0) is 14.3 Å². The number of anilines is 1. The second-order valence-corrected chi connectivity index (χ2v) is 4.05. The Morgan fingerprint density at radius 1 is 1.46 bits per heavy atom. The molecule has 5 nitrogen and oxygen atoms in total. The highest BCUT2D eigenvalue weighted by atomic mass is 32.2. The van der Waals surface area contributed by atoms with Gasteiger partial charge < -0.3 is 10.8 Å². The van der Waals surface area contributed by atoms with E-state index in [1.54, 1.807) is 0 Å². The largest absolute Gasteiger partial charge is 0.506 e. The topological polar surface area (TPSA) is 89.6 Å². The van der Waals surface area contributed by atoms with E-state index < -0.39 is 10.1 Å². The van der Waals surface area contributed by atoms with Crippen LogP contribution in [0.1, 0.15) is 0 Å². The van der Waals surface area contributed by atoms with E-state index in [1.807, 2.05) is 0 Å². The minimum atomic E-state index is -3.75. The summed E-state index contributed by atoms with van der Waals surface area (Å²) < 4.78 is 26.4. The Bertz CT molecular complexity index is 413. The van der Waals surface area contributed by atoms with Crippen molar-refractivity contribution >= 4 is 15.8 Å². The van der Waals surface area contributed by atoms with Gasteiger partial charge in [0.25, 0.3) is 10.1 Å². The number of benzene rings is 1. The Morgan fingerprint density at radius 2 is 2.08 bits per heavy atom. The van der Waals surface area contributed by atoms with E-state index in [9.17, 15) is 8.42 Å². The first-order valence-electron chi connectivity index (χ1n) is 3.36. The zero-order chi connectivity index (χ0) is 10.1. The smallest absolute Gasteiger partial charge is 0.296 e. The Morgan fingerprint density at radius 3 is 2.54 bits per heavy atom. The van der Waals surface area contributed by atoms with Crippen molar-refractivity contribution in [2.24, 2.45) is 0 Å². The molecule has 0 bridgehead atoms. The Balaban J connectivity index is 3.27. The molecule has 0 aromatic heterocycles. The molecule has 13 heavy (non-hydrogen) atoms. The zero-order valence-corrected chi connectivity index (χ0v) is 7.71. The third-order valence-electron chi connectivity index (χ3n) is 1.51. The standard InChI is InChI=1S/C7H9NO4S/c1-12-13(10,11)5-2-3-6(8)7(9)4-5/h2-4,9H,8H2,1H3. The van der Waals surface area contributed by atoms with Gasteiger partial charge in [-0.3, -0.25) is 4.18 Å². The molecule has 1 aromatic rings. The SMILES string of the molecule is COS(=O)(=O)c1ccc(N)c(O)c1. The fourth-order valence-electron chi connectivity index (χ4n) is 0.775. The summed E-state index contributed by atoms with van der Waals surface area (Å²) in [4.78, 5) is -0.123. The molecule has 0 radical (unpaired) electrons. The van der Waals surface area contributed by atoms with Crippen molar-refractivity contribution in [1.82, 2.24) is 0 Å². The number of nitrogens with two attached hydrogens (primary N) is 1. The van der Waals surface area contributed by atoms with E-state index in [1.165, 1.54) is 12.1 Å². The van der Waals surface area contributed by atoms with Crippen molar-refractivity contribution in [2.75, 3.05) is 12.8 Å². The summed E-state index contributed by atoms with van der Waals surface area (Å²) in [5, 5.41) is 9.11. The molecule has 0 atom stereocenters. The van der Waals surface area contributed by atoms with Gasteiger partial charge in [0, 0.05) is 6.07 Å². The Labute approximate surface area is 75.9 Å². The van der Waals surface area contributed by atoms with Gasteiger partial charge >= 0.3 is 0 Å². The van der Waals surface area contributed by atoms with Crippen LogP contribution < -0.4 is 5.73 Å². The summed E-state index contributed by atoms with van der Waals surface area (Å²) in [5.74, 6) is -0.280. The highest BCUT2D eigenvalue weighted by Crippen LogP contribution is 2.23. The van der Waals surface area contributed by atoms with E-state index in [-0.39, 0.29) is 16.3 Å². The second-order valence-electron chi connectivity index (χ2n) is 2.34. The van der Waals surface area contributed by atoms with Gasteiger partial charge in [-0.2, -0.15) is 8.42 Å². The van der Waals surface area contributed by atoms with E-state index in [4.69, 9.17) is 10.8 Å². The molecule has 0 spiro atoms. The number of hydrogen-bond acceptors (Lipinski definition) is 5. The Kier molecular flexibility index (Phi) is 2.44. The average Bonchev–Trinajstić information content (AvgIpc) is 2.09. The molecule has 1 aromatic carbocycles. The minimum Gasteiger partial charge on any atom is -0.506 e. The summed E-state index contributed by atoms with van der Waals surface area (Å²) >= 11 is 0. The van der Waals surface area contributed by atoms with Crippen LogP contribution in [0.4, 0.5) is 5.69 Å². The maximum absolute atomic E-state index is 11.1. The van der Waals surface area contributed by atoms with Crippen LogP contribution >= 0.6 is 0 Å². The van der Waals surface area contributed by atoms with Gasteiger partial charge in [0.2, 0.25) is 0 Å². The monoisotopic (exact) mass is 203 g/mol. The highest BCUT2D eigenvalue weighted by Gasteiger charge is 2.13. The molecule has 6 heteroatoms. The molecular formula is C7H9NO4S. The Hall–Kier alpha value is -1.27. The van der Waals surface area contributed by atoms with Gasteiger partial charge in [0.15, 0.2) is 0 Å². The minimum absolute atomic E-state index is 0.120. The van der Waals surface area contributed by atoms with Crippen LogP contribution in [0.15, 0.2) is 23.1 Å². The summed E-state index contributed by atoms with van der Waals surface area (Å²) in [6.07, 6.45) is 0. The third kappa shape index (κ3) is 1.90. The van der Waals surface area contributed by atoms with E-state index in [0.29, 0.717) is 0 Å². The normalized spacial score (nSPS) is 11.5. The van der Waals surface area contributed by atoms with Crippen LogP contribution in [0, 0.1) is 0 Å². The molecule has 0 aliphatic carbocycles. The van der Waals surface area contributed by atoms with Crippen LogP contribution in [0.2, 0.25) is 0 Å². The number of phenolic OH excluding ortho intramolecular Hbond substituents is 1. The lowest BCUT2D eigenvalue weighted by atomic mass is 10.3. The number of phenols is 1. The number of rotatable bonds is 2. The zero-order valence-electron chi connectivity index (χ0n) is 6.89. The van der Waals surface area contributed by atoms with Crippen LogP contribution in [0.5, 0.6) is 5.75 Å². The number of nitrogen functional groups attached to an aromatic ring is 1. The molecule has 0 heterocycles. The summed E-state index contributed by atoms with van der Waals surface area (Å²) in [5.41, 5.74) is 5.41. The predicted octanol–water partition coefficient (Wildman–Crippen LogP) is 0.310. The lowest BCUT2D eigenvalue weighted by Crippen LogP contribution is -2.02. The van der Waals surface area contributed by atoms with Gasteiger partial charge in [-0.25, -0.2) is 0 Å². The quantitative estimate of drug-likeness (QED) is 0.410. The van der Waals surface area contributed by atoms with E-state index >= 15 is 0 Å². The molecular weight excluding hydrogens is 194 g/mol. The highest BCUT2D eigenvalue weighted by molar-refractivity contribution is 7.86. The van der Waals surface area contributed by atoms with Gasteiger partial charge in [0.05, 0.1) is 17.7 Å². The van der Waals surface area contributed by atoms with Crippen LogP contribution in [0.25, 0.3) is 0 Å². The first-order valence-corrected chi connectivity index (χ1v) is 4.77. The molecule has 0 fully saturated rings. The second kappa shape index (κ2) is 3.23. The van der Waals surface area contributed by atoms with Crippen LogP contribution in [0.3, 0.4) is 0 Å². The van der Waals surface area contributed by atoms with Gasteiger partial charge in [-0.1, -0.05) is 0 Å². The van der Waals surface area contributed by atoms with Crippen molar-refractivity contribution in [2.45, 2.75) is 4.90 Å². The van der Waals surface area contributed by atoms with Crippen molar-refractivity contribution < 1.29 is 17.7 Å². The van der Waals surface area contributed by atoms with Gasteiger partial charge in [-0.15, -0.1) is 0 Å². The van der Waals surface area contributed by atoms with Crippen LogP contribution in [-0.4, -0.2) is 20.6 Å². The first-order chi connectivity index (χ1) is 5.97. The molecule has 0 aliphatic heterocycles.